The minimum Gasteiger partial charge on any atom is -0.356 e. The lowest BCUT2D eigenvalue weighted by molar-refractivity contribution is -0.126. The molecule has 1 aliphatic heterocycles. The summed E-state index contributed by atoms with van der Waals surface area (Å²) in [6.45, 7) is 3.31. The smallest absolute Gasteiger partial charge is 0.227 e. The average Bonchev–Trinajstić information content (AvgIpc) is 2.90. The lowest BCUT2D eigenvalue weighted by atomic mass is 10.1. The Morgan fingerprint density at radius 2 is 2.00 bits per heavy atom. The lowest BCUT2D eigenvalue weighted by Gasteiger charge is -2.16. The first-order valence-corrected chi connectivity index (χ1v) is 8.33. The van der Waals surface area contributed by atoms with Crippen LogP contribution in [0, 0.1) is 5.92 Å². The van der Waals surface area contributed by atoms with Gasteiger partial charge in [0.1, 0.15) is 0 Å². The number of nitrogens with one attached hydrogen (secondary N) is 1. The zero-order valence-electron chi connectivity index (χ0n) is 13.0. The van der Waals surface area contributed by atoms with Gasteiger partial charge in [0.05, 0.1) is 5.92 Å². The Bertz CT molecular complexity index is 516. The van der Waals surface area contributed by atoms with Gasteiger partial charge in [-0.15, -0.1) is 0 Å². The summed E-state index contributed by atoms with van der Waals surface area (Å²) in [4.78, 5) is 25.9. The van der Waals surface area contributed by atoms with Crippen LogP contribution in [0.15, 0.2) is 24.3 Å². The Balaban J connectivity index is 1.83. The largest absolute Gasteiger partial charge is 0.356 e. The molecule has 1 heterocycles. The highest BCUT2D eigenvalue weighted by Gasteiger charge is 2.34. The van der Waals surface area contributed by atoms with Crippen molar-refractivity contribution in [2.45, 2.75) is 39.0 Å². The van der Waals surface area contributed by atoms with Crippen LogP contribution in [0.25, 0.3) is 0 Å². The molecule has 4 nitrogen and oxygen atoms in total. The van der Waals surface area contributed by atoms with Crippen molar-refractivity contribution in [2.75, 3.05) is 18.0 Å². The number of unbranched alkanes of at least 4 members (excludes halogenated alkanes) is 3. The summed E-state index contributed by atoms with van der Waals surface area (Å²) in [5.74, 6) is -0.274. The predicted molar refractivity (Wildman–Crippen MR) is 89.1 cm³/mol. The van der Waals surface area contributed by atoms with Crippen molar-refractivity contribution in [2.24, 2.45) is 5.92 Å². The van der Waals surface area contributed by atoms with Crippen LogP contribution in [-0.2, 0) is 9.59 Å². The van der Waals surface area contributed by atoms with E-state index in [0.717, 1.165) is 18.5 Å². The quantitative estimate of drug-likeness (QED) is 0.782. The summed E-state index contributed by atoms with van der Waals surface area (Å²) >= 11 is 5.86. The van der Waals surface area contributed by atoms with Gasteiger partial charge in [0, 0.05) is 30.2 Å². The van der Waals surface area contributed by atoms with Crippen molar-refractivity contribution < 1.29 is 9.59 Å². The van der Waals surface area contributed by atoms with Crippen LogP contribution in [-0.4, -0.2) is 24.9 Å². The molecular formula is C17H23ClN2O2. The molecular weight excluding hydrogens is 300 g/mol. The fourth-order valence-corrected chi connectivity index (χ4v) is 2.79. The van der Waals surface area contributed by atoms with Crippen LogP contribution >= 0.6 is 11.6 Å². The number of rotatable bonds is 7. The highest BCUT2D eigenvalue weighted by molar-refractivity contribution is 6.30. The number of carbonyl (C=O) groups excluding carboxylic acids is 2. The Hall–Kier alpha value is -1.55. The van der Waals surface area contributed by atoms with Gasteiger partial charge in [0.2, 0.25) is 11.8 Å². The molecule has 0 saturated carbocycles. The van der Waals surface area contributed by atoms with Gasteiger partial charge in [-0.3, -0.25) is 9.59 Å². The molecule has 0 aliphatic carbocycles. The molecule has 0 aromatic heterocycles. The number of nitrogens with zero attached hydrogens (tertiary/aromatic N) is 1. The normalized spacial score (nSPS) is 17.8. The molecule has 1 aliphatic rings. The zero-order chi connectivity index (χ0) is 15.9. The number of hydrogen-bond acceptors (Lipinski definition) is 2. The van der Waals surface area contributed by atoms with Gasteiger partial charge in [-0.25, -0.2) is 0 Å². The highest BCUT2D eigenvalue weighted by atomic mass is 35.5. The number of amides is 2. The number of hydrogen-bond donors (Lipinski definition) is 1. The van der Waals surface area contributed by atoms with E-state index in [1.165, 1.54) is 12.8 Å². The van der Waals surface area contributed by atoms with Crippen LogP contribution in [0.1, 0.15) is 39.0 Å². The first-order chi connectivity index (χ1) is 10.6. The van der Waals surface area contributed by atoms with Crippen molar-refractivity contribution in [1.29, 1.82) is 0 Å². The van der Waals surface area contributed by atoms with Crippen LogP contribution in [0.4, 0.5) is 5.69 Å². The molecule has 1 atom stereocenters. The average molecular weight is 323 g/mol. The van der Waals surface area contributed by atoms with Crippen molar-refractivity contribution in [3.8, 4) is 0 Å². The first-order valence-electron chi connectivity index (χ1n) is 7.95. The molecule has 2 amide bonds. The van der Waals surface area contributed by atoms with Crippen molar-refractivity contribution in [3.05, 3.63) is 29.3 Å². The van der Waals surface area contributed by atoms with E-state index in [4.69, 9.17) is 11.6 Å². The van der Waals surface area contributed by atoms with Crippen molar-refractivity contribution in [3.63, 3.8) is 0 Å². The van der Waals surface area contributed by atoms with Gasteiger partial charge in [-0.1, -0.05) is 37.8 Å². The third kappa shape index (κ3) is 4.47. The second kappa shape index (κ2) is 8.18. The molecule has 0 unspecified atom stereocenters. The van der Waals surface area contributed by atoms with Crippen molar-refractivity contribution >= 4 is 29.1 Å². The zero-order valence-corrected chi connectivity index (χ0v) is 13.7. The van der Waals surface area contributed by atoms with E-state index in [-0.39, 0.29) is 24.2 Å². The van der Waals surface area contributed by atoms with E-state index in [1.807, 2.05) is 12.1 Å². The fourth-order valence-electron chi connectivity index (χ4n) is 2.66. The summed E-state index contributed by atoms with van der Waals surface area (Å²) in [5.41, 5.74) is 0.799. The van der Waals surface area contributed by atoms with E-state index < -0.39 is 0 Å². The van der Waals surface area contributed by atoms with E-state index >= 15 is 0 Å². The molecule has 1 saturated heterocycles. The maximum atomic E-state index is 12.1. The van der Waals surface area contributed by atoms with Gasteiger partial charge in [0.25, 0.3) is 0 Å². The molecule has 5 heteroatoms. The van der Waals surface area contributed by atoms with Crippen LogP contribution in [0.5, 0.6) is 0 Å². The molecule has 0 spiro atoms. The third-order valence-corrected chi connectivity index (χ3v) is 4.22. The second-order valence-corrected chi connectivity index (χ2v) is 6.17. The molecule has 120 valence electrons. The number of halogens is 1. The van der Waals surface area contributed by atoms with Crippen molar-refractivity contribution in [1.82, 2.24) is 5.32 Å². The fraction of sp³-hybridized carbons (Fsp3) is 0.529. The van der Waals surface area contributed by atoms with E-state index in [9.17, 15) is 9.59 Å². The maximum absolute atomic E-state index is 12.1. The third-order valence-electron chi connectivity index (χ3n) is 3.96. The molecule has 0 radical (unpaired) electrons. The molecule has 1 aromatic carbocycles. The van der Waals surface area contributed by atoms with E-state index in [1.54, 1.807) is 17.0 Å². The predicted octanol–water partition coefficient (Wildman–Crippen LogP) is 3.39. The SMILES string of the molecule is CCCCCCNC(=O)[C@H]1CC(=O)N(c2ccc(Cl)cc2)C1. The number of anilines is 1. The molecule has 22 heavy (non-hydrogen) atoms. The molecule has 2 rings (SSSR count). The van der Waals surface area contributed by atoms with Gasteiger partial charge in [-0.05, 0) is 30.7 Å². The number of benzene rings is 1. The molecule has 0 bridgehead atoms. The number of carbonyl (C=O) groups is 2. The Labute approximate surface area is 136 Å². The minimum atomic E-state index is -0.255. The summed E-state index contributed by atoms with van der Waals surface area (Å²) in [7, 11) is 0. The van der Waals surface area contributed by atoms with Crippen LogP contribution < -0.4 is 10.2 Å². The van der Waals surface area contributed by atoms with Gasteiger partial charge in [-0.2, -0.15) is 0 Å². The molecule has 1 fully saturated rings. The van der Waals surface area contributed by atoms with Crippen LogP contribution in [0.3, 0.4) is 0 Å². The Morgan fingerprint density at radius 3 is 2.68 bits per heavy atom. The molecule has 1 N–H and O–H groups in total. The lowest BCUT2D eigenvalue weighted by Crippen LogP contribution is -2.33. The van der Waals surface area contributed by atoms with Gasteiger partial charge < -0.3 is 10.2 Å². The topological polar surface area (TPSA) is 49.4 Å². The van der Waals surface area contributed by atoms with Crippen LogP contribution in [0.2, 0.25) is 5.02 Å². The molecule has 1 aromatic rings. The van der Waals surface area contributed by atoms with E-state index in [0.29, 0.717) is 18.1 Å². The highest BCUT2D eigenvalue weighted by Crippen LogP contribution is 2.26. The first kappa shape index (κ1) is 16.8. The Kier molecular flexibility index (Phi) is 6.25. The summed E-state index contributed by atoms with van der Waals surface area (Å²) in [6, 6.07) is 7.13. The van der Waals surface area contributed by atoms with Gasteiger partial charge in [0.15, 0.2) is 0 Å². The second-order valence-electron chi connectivity index (χ2n) is 5.73. The standard InChI is InChI=1S/C17H23ClN2O2/c1-2-3-4-5-10-19-17(22)13-11-16(21)20(12-13)15-8-6-14(18)7-9-15/h6-9,13H,2-5,10-12H2,1H3,(H,19,22)/t13-/m0/s1. The van der Waals surface area contributed by atoms with E-state index in [2.05, 4.69) is 12.2 Å². The van der Waals surface area contributed by atoms with Gasteiger partial charge >= 0.3 is 0 Å². The monoisotopic (exact) mass is 322 g/mol. The summed E-state index contributed by atoms with van der Waals surface area (Å²) < 4.78 is 0. The maximum Gasteiger partial charge on any atom is 0.227 e. The summed E-state index contributed by atoms with van der Waals surface area (Å²) in [5, 5.41) is 3.58. The minimum absolute atomic E-state index is 0.00606. The Morgan fingerprint density at radius 1 is 1.27 bits per heavy atom. The summed E-state index contributed by atoms with van der Waals surface area (Å²) in [6.07, 6.45) is 4.80.